The Hall–Kier alpha value is -1.75. The number of carbonyl (C=O) groups is 1. The summed E-state index contributed by atoms with van der Waals surface area (Å²) >= 11 is 0. The Labute approximate surface area is 113 Å². The molecule has 0 spiro atoms. The SMILES string of the molecule is CCNC(=O)c1ccc(N)c(N(CCO)C2CC2)c1. The third-order valence-electron chi connectivity index (χ3n) is 3.27. The number of aliphatic hydroxyl groups excluding tert-OH is 1. The molecular weight excluding hydrogens is 242 g/mol. The highest BCUT2D eigenvalue weighted by molar-refractivity contribution is 5.96. The summed E-state index contributed by atoms with van der Waals surface area (Å²) in [5, 5.41) is 11.9. The van der Waals surface area contributed by atoms with Gasteiger partial charge in [-0.2, -0.15) is 0 Å². The highest BCUT2D eigenvalue weighted by Crippen LogP contribution is 2.35. The average molecular weight is 263 g/mol. The third kappa shape index (κ3) is 3.17. The van der Waals surface area contributed by atoms with Crippen LogP contribution in [0.5, 0.6) is 0 Å². The van der Waals surface area contributed by atoms with E-state index in [9.17, 15) is 4.79 Å². The zero-order valence-electron chi connectivity index (χ0n) is 11.2. The molecular formula is C14H21N3O2. The molecule has 1 amide bonds. The van der Waals surface area contributed by atoms with E-state index in [2.05, 4.69) is 10.2 Å². The highest BCUT2D eigenvalue weighted by atomic mass is 16.3. The number of anilines is 2. The zero-order valence-corrected chi connectivity index (χ0v) is 11.2. The minimum absolute atomic E-state index is 0.0846. The van der Waals surface area contributed by atoms with E-state index in [1.54, 1.807) is 12.1 Å². The quantitative estimate of drug-likeness (QED) is 0.669. The van der Waals surface area contributed by atoms with E-state index in [1.807, 2.05) is 13.0 Å². The van der Waals surface area contributed by atoms with Crippen LogP contribution in [0.15, 0.2) is 18.2 Å². The molecule has 4 N–H and O–H groups in total. The smallest absolute Gasteiger partial charge is 0.251 e. The monoisotopic (exact) mass is 263 g/mol. The molecule has 1 saturated carbocycles. The number of rotatable bonds is 6. The maximum atomic E-state index is 11.9. The van der Waals surface area contributed by atoms with Crippen molar-refractivity contribution in [1.82, 2.24) is 5.32 Å². The minimum atomic E-state index is -0.0940. The molecule has 2 rings (SSSR count). The van der Waals surface area contributed by atoms with Gasteiger partial charge in [0.05, 0.1) is 18.0 Å². The molecule has 5 heteroatoms. The number of hydrogen-bond donors (Lipinski definition) is 3. The maximum Gasteiger partial charge on any atom is 0.251 e. The van der Waals surface area contributed by atoms with Crippen LogP contribution < -0.4 is 16.0 Å². The molecule has 5 nitrogen and oxygen atoms in total. The van der Waals surface area contributed by atoms with Crippen molar-refractivity contribution in [3.63, 3.8) is 0 Å². The summed E-state index contributed by atoms with van der Waals surface area (Å²) in [6.45, 7) is 3.12. The fourth-order valence-corrected chi connectivity index (χ4v) is 2.19. The van der Waals surface area contributed by atoms with Crippen molar-refractivity contribution in [1.29, 1.82) is 0 Å². The van der Waals surface area contributed by atoms with E-state index in [4.69, 9.17) is 10.8 Å². The standard InChI is InChI=1S/C14H21N3O2/c1-2-16-14(19)10-3-6-12(15)13(9-10)17(7-8-18)11-4-5-11/h3,6,9,11,18H,2,4-5,7-8,15H2,1H3,(H,16,19). The summed E-state index contributed by atoms with van der Waals surface area (Å²) in [5.74, 6) is -0.0940. The Bertz CT molecular complexity index is 458. The molecule has 1 aliphatic carbocycles. The van der Waals surface area contributed by atoms with Gasteiger partial charge in [0.2, 0.25) is 0 Å². The number of nitrogens with one attached hydrogen (secondary N) is 1. The van der Waals surface area contributed by atoms with Crippen molar-refractivity contribution in [3.05, 3.63) is 23.8 Å². The molecule has 0 bridgehead atoms. The third-order valence-corrected chi connectivity index (χ3v) is 3.27. The van der Waals surface area contributed by atoms with Gasteiger partial charge >= 0.3 is 0 Å². The van der Waals surface area contributed by atoms with Crippen LogP contribution in [0.2, 0.25) is 0 Å². The number of carbonyl (C=O) groups excluding carboxylic acids is 1. The summed E-state index contributed by atoms with van der Waals surface area (Å²) < 4.78 is 0. The maximum absolute atomic E-state index is 11.9. The summed E-state index contributed by atoms with van der Waals surface area (Å²) in [7, 11) is 0. The fourth-order valence-electron chi connectivity index (χ4n) is 2.19. The van der Waals surface area contributed by atoms with Crippen LogP contribution in [0.1, 0.15) is 30.1 Å². The van der Waals surface area contributed by atoms with Crippen LogP contribution in [0.3, 0.4) is 0 Å². The van der Waals surface area contributed by atoms with Crippen LogP contribution in [0.4, 0.5) is 11.4 Å². The van der Waals surface area contributed by atoms with Crippen LogP contribution in [0.25, 0.3) is 0 Å². The molecule has 1 aliphatic rings. The van der Waals surface area contributed by atoms with Gasteiger partial charge in [0, 0.05) is 24.7 Å². The first-order valence-corrected chi connectivity index (χ1v) is 6.72. The van der Waals surface area contributed by atoms with Crippen LogP contribution in [-0.4, -0.2) is 36.8 Å². The molecule has 0 aromatic heterocycles. The fraction of sp³-hybridized carbons (Fsp3) is 0.500. The Morgan fingerprint density at radius 2 is 2.26 bits per heavy atom. The van der Waals surface area contributed by atoms with Crippen LogP contribution in [-0.2, 0) is 0 Å². The lowest BCUT2D eigenvalue weighted by atomic mass is 10.1. The molecule has 104 valence electrons. The van der Waals surface area contributed by atoms with Crippen molar-refractivity contribution < 1.29 is 9.90 Å². The molecule has 0 aliphatic heterocycles. The lowest BCUT2D eigenvalue weighted by Crippen LogP contribution is -2.30. The van der Waals surface area contributed by atoms with E-state index >= 15 is 0 Å². The van der Waals surface area contributed by atoms with Gasteiger partial charge in [0.1, 0.15) is 0 Å². The number of hydrogen-bond acceptors (Lipinski definition) is 4. The molecule has 0 atom stereocenters. The molecule has 0 unspecified atom stereocenters. The van der Waals surface area contributed by atoms with Gasteiger partial charge in [-0.15, -0.1) is 0 Å². The van der Waals surface area contributed by atoms with Gasteiger partial charge in [0.15, 0.2) is 0 Å². The van der Waals surface area contributed by atoms with E-state index in [1.165, 1.54) is 0 Å². The zero-order chi connectivity index (χ0) is 13.8. The Kier molecular flexibility index (Phi) is 4.27. The lowest BCUT2D eigenvalue weighted by molar-refractivity contribution is 0.0956. The summed E-state index contributed by atoms with van der Waals surface area (Å²) in [4.78, 5) is 13.9. The molecule has 0 heterocycles. The second kappa shape index (κ2) is 5.93. The van der Waals surface area contributed by atoms with E-state index in [-0.39, 0.29) is 12.5 Å². The van der Waals surface area contributed by atoms with E-state index in [0.29, 0.717) is 30.4 Å². The van der Waals surface area contributed by atoms with E-state index in [0.717, 1.165) is 18.5 Å². The molecule has 1 aromatic carbocycles. The van der Waals surface area contributed by atoms with Crippen molar-refractivity contribution in [2.24, 2.45) is 0 Å². The minimum Gasteiger partial charge on any atom is -0.397 e. The first-order chi connectivity index (χ1) is 9.17. The Balaban J connectivity index is 2.27. The molecule has 0 radical (unpaired) electrons. The van der Waals surface area contributed by atoms with Gasteiger partial charge in [-0.3, -0.25) is 4.79 Å². The molecule has 1 fully saturated rings. The van der Waals surface area contributed by atoms with Crippen molar-refractivity contribution in [2.45, 2.75) is 25.8 Å². The van der Waals surface area contributed by atoms with Crippen molar-refractivity contribution in [2.75, 3.05) is 30.3 Å². The molecule has 19 heavy (non-hydrogen) atoms. The predicted molar refractivity (Wildman–Crippen MR) is 76.3 cm³/mol. The number of nitrogens with zero attached hydrogens (tertiary/aromatic N) is 1. The normalized spacial score (nSPS) is 14.2. The highest BCUT2D eigenvalue weighted by Gasteiger charge is 2.30. The number of aliphatic hydroxyl groups is 1. The van der Waals surface area contributed by atoms with Gasteiger partial charge in [0.25, 0.3) is 5.91 Å². The topological polar surface area (TPSA) is 78.6 Å². The summed E-state index contributed by atoms with van der Waals surface area (Å²) in [5.41, 5.74) is 8.11. The first kappa shape index (κ1) is 13.7. The van der Waals surface area contributed by atoms with Gasteiger partial charge in [-0.1, -0.05) is 0 Å². The number of amides is 1. The van der Waals surface area contributed by atoms with Crippen LogP contribution in [0, 0.1) is 0 Å². The van der Waals surface area contributed by atoms with Gasteiger partial charge < -0.3 is 21.1 Å². The largest absolute Gasteiger partial charge is 0.397 e. The number of benzene rings is 1. The Morgan fingerprint density at radius 3 is 2.84 bits per heavy atom. The Morgan fingerprint density at radius 1 is 1.53 bits per heavy atom. The van der Waals surface area contributed by atoms with Crippen molar-refractivity contribution in [3.8, 4) is 0 Å². The van der Waals surface area contributed by atoms with Crippen LogP contribution >= 0.6 is 0 Å². The van der Waals surface area contributed by atoms with Gasteiger partial charge in [-0.25, -0.2) is 0 Å². The van der Waals surface area contributed by atoms with E-state index < -0.39 is 0 Å². The second-order valence-electron chi connectivity index (χ2n) is 4.78. The first-order valence-electron chi connectivity index (χ1n) is 6.72. The van der Waals surface area contributed by atoms with Gasteiger partial charge in [-0.05, 0) is 38.0 Å². The summed E-state index contributed by atoms with van der Waals surface area (Å²) in [6, 6.07) is 5.74. The predicted octanol–water partition coefficient (Wildman–Crippen LogP) is 0.980. The number of nitrogens with two attached hydrogens (primary N) is 1. The molecule has 0 saturated heterocycles. The average Bonchev–Trinajstić information content (AvgIpc) is 3.21. The second-order valence-corrected chi connectivity index (χ2v) is 4.78. The summed E-state index contributed by atoms with van der Waals surface area (Å²) in [6.07, 6.45) is 2.23. The molecule has 1 aromatic rings. The number of nitrogen functional groups attached to an aromatic ring is 1. The lowest BCUT2D eigenvalue weighted by Gasteiger charge is -2.25. The van der Waals surface area contributed by atoms with Crippen molar-refractivity contribution >= 4 is 17.3 Å².